The second-order valence-corrected chi connectivity index (χ2v) is 8.43. The lowest BCUT2D eigenvalue weighted by Gasteiger charge is -2.36. The van der Waals surface area contributed by atoms with Gasteiger partial charge in [0.15, 0.2) is 0 Å². The Balaban J connectivity index is 1.62. The van der Waals surface area contributed by atoms with E-state index in [0.29, 0.717) is 29.2 Å². The van der Waals surface area contributed by atoms with Gasteiger partial charge in [-0.25, -0.2) is 0 Å². The van der Waals surface area contributed by atoms with Crippen LogP contribution in [0, 0.1) is 0 Å². The molecule has 3 aromatic carbocycles. The highest BCUT2D eigenvalue weighted by Gasteiger charge is 2.35. The maximum atomic E-state index is 13.5. The summed E-state index contributed by atoms with van der Waals surface area (Å²) in [5.41, 5.74) is 1.38. The molecule has 0 saturated heterocycles. The van der Waals surface area contributed by atoms with Crippen molar-refractivity contribution < 1.29 is 22.8 Å². The molecule has 8 heteroatoms. The summed E-state index contributed by atoms with van der Waals surface area (Å²) in [5.74, 6) is -0.945. The summed E-state index contributed by atoms with van der Waals surface area (Å²) in [6.07, 6.45) is -4.07. The third-order valence-corrected chi connectivity index (χ3v) is 6.22. The molecule has 1 aliphatic rings. The zero-order valence-corrected chi connectivity index (χ0v) is 19.1. The summed E-state index contributed by atoms with van der Waals surface area (Å²) in [5, 5.41) is 0.577. The number of amides is 2. The molecule has 1 aliphatic heterocycles. The SMILES string of the molecule is CCN(C(=O)[C@H]1CCN(C(=O)c2ccc(C(F)(F)F)cc2)c2ccccc21)c1ccc(Cl)cc1. The number of alkyl halides is 3. The van der Waals surface area contributed by atoms with Crippen molar-refractivity contribution in [2.24, 2.45) is 0 Å². The highest BCUT2D eigenvalue weighted by molar-refractivity contribution is 6.30. The Labute approximate surface area is 200 Å². The largest absolute Gasteiger partial charge is 0.416 e. The van der Waals surface area contributed by atoms with Crippen molar-refractivity contribution in [3.8, 4) is 0 Å². The molecule has 1 atom stereocenters. The molecule has 0 aliphatic carbocycles. The Kier molecular flexibility index (Phi) is 6.66. The van der Waals surface area contributed by atoms with E-state index in [4.69, 9.17) is 11.6 Å². The van der Waals surface area contributed by atoms with Gasteiger partial charge in [0.1, 0.15) is 0 Å². The van der Waals surface area contributed by atoms with Crippen LogP contribution in [0.15, 0.2) is 72.8 Å². The zero-order chi connectivity index (χ0) is 24.5. The molecule has 0 fully saturated rings. The van der Waals surface area contributed by atoms with E-state index in [-0.39, 0.29) is 18.0 Å². The van der Waals surface area contributed by atoms with Crippen LogP contribution in [0.1, 0.15) is 40.7 Å². The fourth-order valence-corrected chi connectivity index (χ4v) is 4.39. The molecular formula is C26H22ClF3N2O2. The lowest BCUT2D eigenvalue weighted by atomic mass is 9.88. The number of nitrogens with zero attached hydrogens (tertiary/aromatic N) is 2. The number of hydrogen-bond donors (Lipinski definition) is 0. The van der Waals surface area contributed by atoms with Crippen LogP contribution in [0.5, 0.6) is 0 Å². The van der Waals surface area contributed by atoms with Crippen LogP contribution in [0.4, 0.5) is 24.5 Å². The Hall–Kier alpha value is -3.32. The van der Waals surface area contributed by atoms with Gasteiger partial charge >= 0.3 is 6.18 Å². The number of fused-ring (bicyclic) bond motifs is 1. The fourth-order valence-electron chi connectivity index (χ4n) is 4.26. The van der Waals surface area contributed by atoms with E-state index in [1.807, 2.05) is 19.1 Å². The van der Waals surface area contributed by atoms with Gasteiger partial charge in [-0.05, 0) is 73.5 Å². The molecule has 0 aromatic heterocycles. The Morgan fingerprint density at radius 3 is 2.26 bits per heavy atom. The molecular weight excluding hydrogens is 465 g/mol. The highest BCUT2D eigenvalue weighted by Crippen LogP contribution is 2.38. The smallest absolute Gasteiger partial charge is 0.312 e. The molecule has 0 unspecified atom stereocenters. The van der Waals surface area contributed by atoms with E-state index in [1.165, 1.54) is 17.0 Å². The molecule has 0 radical (unpaired) electrons. The van der Waals surface area contributed by atoms with Gasteiger partial charge in [0.25, 0.3) is 5.91 Å². The van der Waals surface area contributed by atoms with E-state index >= 15 is 0 Å². The van der Waals surface area contributed by atoms with E-state index < -0.39 is 23.6 Å². The number of carbonyl (C=O) groups excluding carboxylic acids is 2. The first-order chi connectivity index (χ1) is 16.2. The monoisotopic (exact) mass is 486 g/mol. The standard InChI is InChI=1S/C26H22ClF3N2O2/c1-2-31(20-13-11-19(27)12-14-20)25(34)22-15-16-32(23-6-4-3-5-21(22)23)24(33)17-7-9-18(10-8-17)26(28,29)30/h3-14,22H,2,15-16H2,1H3/t22-/m0/s1. The number of para-hydroxylation sites is 1. The number of halogens is 4. The van der Waals surface area contributed by atoms with Gasteiger partial charge in [-0.15, -0.1) is 0 Å². The van der Waals surface area contributed by atoms with E-state index in [2.05, 4.69) is 0 Å². The second kappa shape index (κ2) is 9.50. The Morgan fingerprint density at radius 2 is 1.65 bits per heavy atom. The molecule has 0 saturated carbocycles. The molecule has 0 N–H and O–H groups in total. The van der Waals surface area contributed by atoms with Crippen LogP contribution in [-0.2, 0) is 11.0 Å². The van der Waals surface area contributed by atoms with Crippen LogP contribution < -0.4 is 9.80 Å². The van der Waals surface area contributed by atoms with Crippen molar-refractivity contribution in [2.75, 3.05) is 22.9 Å². The molecule has 3 aromatic rings. The summed E-state index contributed by atoms with van der Waals surface area (Å²) in [6, 6.07) is 18.4. The van der Waals surface area contributed by atoms with Crippen LogP contribution in [-0.4, -0.2) is 24.9 Å². The average molecular weight is 487 g/mol. The summed E-state index contributed by atoms with van der Waals surface area (Å²) in [7, 11) is 0. The van der Waals surface area contributed by atoms with Crippen molar-refractivity contribution in [3.05, 3.63) is 94.5 Å². The molecule has 4 nitrogen and oxygen atoms in total. The first kappa shape index (κ1) is 23.8. The Bertz CT molecular complexity index is 1190. The molecule has 4 rings (SSSR count). The molecule has 0 bridgehead atoms. The maximum absolute atomic E-state index is 13.5. The highest BCUT2D eigenvalue weighted by atomic mass is 35.5. The predicted molar refractivity (Wildman–Crippen MR) is 126 cm³/mol. The van der Waals surface area contributed by atoms with Crippen LogP contribution in [0.25, 0.3) is 0 Å². The predicted octanol–water partition coefficient (Wildman–Crippen LogP) is 6.55. The maximum Gasteiger partial charge on any atom is 0.416 e. The van der Waals surface area contributed by atoms with Crippen molar-refractivity contribution in [3.63, 3.8) is 0 Å². The minimum absolute atomic E-state index is 0.0844. The summed E-state index contributed by atoms with van der Waals surface area (Å²) < 4.78 is 38.7. The van der Waals surface area contributed by atoms with E-state index in [1.54, 1.807) is 41.3 Å². The van der Waals surface area contributed by atoms with Gasteiger partial charge in [-0.1, -0.05) is 29.8 Å². The Morgan fingerprint density at radius 1 is 1.00 bits per heavy atom. The lowest BCUT2D eigenvalue weighted by molar-refractivity contribution is -0.137. The van der Waals surface area contributed by atoms with Gasteiger partial charge < -0.3 is 9.80 Å². The van der Waals surface area contributed by atoms with Gasteiger partial charge in [0, 0.05) is 35.1 Å². The fraction of sp³-hybridized carbons (Fsp3) is 0.231. The average Bonchev–Trinajstić information content (AvgIpc) is 2.84. The number of carbonyl (C=O) groups is 2. The number of rotatable bonds is 4. The number of benzene rings is 3. The molecule has 176 valence electrons. The second-order valence-electron chi connectivity index (χ2n) is 7.99. The number of likely N-dealkylation sites (N-methyl/N-ethyl adjacent to an activating group) is 1. The molecule has 1 heterocycles. The lowest BCUT2D eigenvalue weighted by Crippen LogP contribution is -2.42. The summed E-state index contributed by atoms with van der Waals surface area (Å²) >= 11 is 5.99. The number of anilines is 2. The molecule has 2 amide bonds. The van der Waals surface area contributed by atoms with Gasteiger partial charge in [-0.2, -0.15) is 13.2 Å². The minimum atomic E-state index is -4.47. The first-order valence-electron chi connectivity index (χ1n) is 10.9. The van der Waals surface area contributed by atoms with Crippen molar-refractivity contribution >= 4 is 34.8 Å². The summed E-state index contributed by atoms with van der Waals surface area (Å²) in [6.45, 7) is 2.63. The van der Waals surface area contributed by atoms with Crippen molar-refractivity contribution in [1.82, 2.24) is 0 Å². The van der Waals surface area contributed by atoms with Crippen LogP contribution >= 0.6 is 11.6 Å². The van der Waals surface area contributed by atoms with Crippen LogP contribution in [0.3, 0.4) is 0 Å². The van der Waals surface area contributed by atoms with Crippen LogP contribution in [0.2, 0.25) is 5.02 Å². The quantitative estimate of drug-likeness (QED) is 0.420. The normalized spacial score (nSPS) is 15.6. The van der Waals surface area contributed by atoms with Gasteiger partial charge in [0.2, 0.25) is 5.91 Å². The van der Waals surface area contributed by atoms with E-state index in [9.17, 15) is 22.8 Å². The zero-order valence-electron chi connectivity index (χ0n) is 18.3. The van der Waals surface area contributed by atoms with E-state index in [0.717, 1.165) is 17.8 Å². The first-order valence-corrected chi connectivity index (χ1v) is 11.2. The van der Waals surface area contributed by atoms with Crippen molar-refractivity contribution in [2.45, 2.75) is 25.4 Å². The topological polar surface area (TPSA) is 40.6 Å². The molecule has 0 spiro atoms. The third kappa shape index (κ3) is 4.66. The van der Waals surface area contributed by atoms with Gasteiger partial charge in [0.05, 0.1) is 11.5 Å². The number of hydrogen-bond acceptors (Lipinski definition) is 2. The molecule has 34 heavy (non-hydrogen) atoms. The summed E-state index contributed by atoms with van der Waals surface area (Å²) in [4.78, 5) is 29.9. The minimum Gasteiger partial charge on any atom is -0.312 e. The van der Waals surface area contributed by atoms with Gasteiger partial charge in [-0.3, -0.25) is 9.59 Å². The van der Waals surface area contributed by atoms with Crippen molar-refractivity contribution in [1.29, 1.82) is 0 Å². The third-order valence-electron chi connectivity index (χ3n) is 5.97.